The van der Waals surface area contributed by atoms with E-state index in [1.807, 2.05) is 18.2 Å². The number of hydrogen-bond donors (Lipinski definition) is 1. The number of aromatic nitrogens is 2. The number of nitrogens with two attached hydrogens (primary N) is 1. The van der Waals surface area contributed by atoms with Crippen molar-refractivity contribution in [2.24, 2.45) is 5.73 Å². The summed E-state index contributed by atoms with van der Waals surface area (Å²) in [4.78, 5) is 4.42. The third kappa shape index (κ3) is 2.76. The summed E-state index contributed by atoms with van der Waals surface area (Å²) in [6, 6.07) is 8.19. The summed E-state index contributed by atoms with van der Waals surface area (Å²) >= 11 is 0. The highest BCUT2D eigenvalue weighted by Gasteiger charge is 2.13. The largest absolute Gasteiger partial charge is 0.334 e. The predicted octanol–water partition coefficient (Wildman–Crippen LogP) is 2.58. The van der Waals surface area contributed by atoms with Gasteiger partial charge in [0.25, 0.3) is 5.89 Å². The van der Waals surface area contributed by atoms with Gasteiger partial charge in [0.15, 0.2) is 5.82 Å². The molecule has 0 aliphatic carbocycles. The van der Waals surface area contributed by atoms with E-state index in [9.17, 15) is 0 Å². The maximum Gasteiger partial charge on any atom is 0.258 e. The molecule has 0 aliphatic rings. The standard InChI is InChI=1S/C14H19N3O/c1-3-10-7-5-6-8-12(10)14-16-13(17-18-14)9-11(15)4-2/h5-8,11H,3-4,9,15H2,1-2H3. The minimum absolute atomic E-state index is 0.0943. The molecule has 0 saturated heterocycles. The van der Waals surface area contributed by atoms with E-state index in [0.29, 0.717) is 18.1 Å². The molecule has 0 bridgehead atoms. The van der Waals surface area contributed by atoms with E-state index in [2.05, 4.69) is 30.1 Å². The number of nitrogens with zero attached hydrogens (tertiary/aromatic N) is 2. The molecule has 0 spiro atoms. The molecule has 0 radical (unpaired) electrons. The Morgan fingerprint density at radius 3 is 2.78 bits per heavy atom. The lowest BCUT2D eigenvalue weighted by atomic mass is 10.1. The second-order valence-electron chi connectivity index (χ2n) is 4.40. The average Bonchev–Trinajstić information content (AvgIpc) is 2.86. The fraction of sp³-hybridized carbons (Fsp3) is 0.429. The van der Waals surface area contributed by atoms with Crippen LogP contribution in [0.3, 0.4) is 0 Å². The fourth-order valence-electron chi connectivity index (χ4n) is 1.86. The molecule has 18 heavy (non-hydrogen) atoms. The van der Waals surface area contributed by atoms with Gasteiger partial charge in [-0.05, 0) is 24.5 Å². The fourth-order valence-corrected chi connectivity index (χ4v) is 1.86. The molecule has 4 heteroatoms. The van der Waals surface area contributed by atoms with E-state index >= 15 is 0 Å². The molecular weight excluding hydrogens is 226 g/mol. The summed E-state index contributed by atoms with van der Waals surface area (Å²) in [5.41, 5.74) is 8.12. The molecule has 0 saturated carbocycles. The first-order valence-electron chi connectivity index (χ1n) is 6.41. The van der Waals surface area contributed by atoms with Crippen LogP contribution >= 0.6 is 0 Å². The van der Waals surface area contributed by atoms with E-state index in [-0.39, 0.29) is 6.04 Å². The van der Waals surface area contributed by atoms with Crippen LogP contribution in [0.15, 0.2) is 28.8 Å². The van der Waals surface area contributed by atoms with Crippen LogP contribution in [-0.4, -0.2) is 16.2 Å². The van der Waals surface area contributed by atoms with Crippen molar-refractivity contribution < 1.29 is 4.52 Å². The maximum absolute atomic E-state index is 5.89. The SMILES string of the molecule is CCc1ccccc1-c1nc(CC(N)CC)no1. The topological polar surface area (TPSA) is 64.9 Å². The van der Waals surface area contributed by atoms with Crippen molar-refractivity contribution in [3.05, 3.63) is 35.7 Å². The van der Waals surface area contributed by atoms with Gasteiger partial charge in [-0.25, -0.2) is 0 Å². The van der Waals surface area contributed by atoms with Gasteiger partial charge in [0.2, 0.25) is 0 Å². The van der Waals surface area contributed by atoms with Gasteiger partial charge in [0.05, 0.1) is 0 Å². The van der Waals surface area contributed by atoms with Gasteiger partial charge in [-0.3, -0.25) is 0 Å². The van der Waals surface area contributed by atoms with Crippen molar-refractivity contribution in [3.8, 4) is 11.5 Å². The highest BCUT2D eigenvalue weighted by Crippen LogP contribution is 2.22. The summed E-state index contributed by atoms with van der Waals surface area (Å²) in [5.74, 6) is 1.27. The van der Waals surface area contributed by atoms with Crippen molar-refractivity contribution in [3.63, 3.8) is 0 Å². The van der Waals surface area contributed by atoms with Crippen molar-refractivity contribution in [1.29, 1.82) is 0 Å². The smallest absolute Gasteiger partial charge is 0.258 e. The lowest BCUT2D eigenvalue weighted by Crippen LogP contribution is -2.21. The molecule has 1 unspecified atom stereocenters. The third-order valence-electron chi connectivity index (χ3n) is 3.07. The predicted molar refractivity (Wildman–Crippen MR) is 71.1 cm³/mol. The summed E-state index contributed by atoms with van der Waals surface area (Å²) in [6.07, 6.45) is 2.52. The van der Waals surface area contributed by atoms with Gasteiger partial charge in [-0.15, -0.1) is 0 Å². The van der Waals surface area contributed by atoms with Crippen LogP contribution in [0, 0.1) is 0 Å². The second kappa shape index (κ2) is 5.78. The van der Waals surface area contributed by atoms with Gasteiger partial charge < -0.3 is 10.3 Å². The maximum atomic E-state index is 5.89. The van der Waals surface area contributed by atoms with Crippen molar-refractivity contribution in [2.45, 2.75) is 39.2 Å². The van der Waals surface area contributed by atoms with E-state index < -0.39 is 0 Å². The zero-order valence-corrected chi connectivity index (χ0v) is 10.9. The molecule has 0 fully saturated rings. The van der Waals surface area contributed by atoms with Gasteiger partial charge in [-0.1, -0.05) is 37.2 Å². The minimum Gasteiger partial charge on any atom is -0.334 e. The first-order valence-corrected chi connectivity index (χ1v) is 6.41. The van der Waals surface area contributed by atoms with Crippen LogP contribution in [0.25, 0.3) is 11.5 Å². The summed E-state index contributed by atoms with van der Waals surface area (Å²) in [7, 11) is 0. The van der Waals surface area contributed by atoms with Gasteiger partial charge in [0, 0.05) is 18.0 Å². The normalized spacial score (nSPS) is 12.6. The lowest BCUT2D eigenvalue weighted by Gasteiger charge is -2.03. The Bertz CT molecular complexity index is 507. The Hall–Kier alpha value is -1.68. The molecule has 4 nitrogen and oxygen atoms in total. The van der Waals surface area contributed by atoms with E-state index in [4.69, 9.17) is 10.3 Å². The molecule has 1 aromatic heterocycles. The Morgan fingerprint density at radius 1 is 1.28 bits per heavy atom. The van der Waals surface area contributed by atoms with Crippen LogP contribution < -0.4 is 5.73 Å². The zero-order valence-electron chi connectivity index (χ0n) is 10.9. The number of hydrogen-bond acceptors (Lipinski definition) is 4. The third-order valence-corrected chi connectivity index (χ3v) is 3.07. The van der Waals surface area contributed by atoms with Gasteiger partial charge in [0.1, 0.15) is 0 Å². The summed E-state index contributed by atoms with van der Waals surface area (Å²) in [5, 5.41) is 3.99. The first-order chi connectivity index (χ1) is 8.74. The minimum atomic E-state index is 0.0943. The number of aryl methyl sites for hydroxylation is 1. The van der Waals surface area contributed by atoms with E-state index in [1.54, 1.807) is 0 Å². The second-order valence-corrected chi connectivity index (χ2v) is 4.40. The molecule has 0 amide bonds. The number of rotatable bonds is 5. The molecule has 2 aromatic rings. The summed E-state index contributed by atoms with van der Waals surface area (Å²) < 4.78 is 5.32. The molecule has 1 aromatic carbocycles. The van der Waals surface area contributed by atoms with Crippen LogP contribution in [0.4, 0.5) is 0 Å². The monoisotopic (exact) mass is 245 g/mol. The Morgan fingerprint density at radius 2 is 2.06 bits per heavy atom. The van der Waals surface area contributed by atoms with Crippen molar-refractivity contribution in [2.75, 3.05) is 0 Å². The molecular formula is C14H19N3O. The van der Waals surface area contributed by atoms with Crippen LogP contribution in [0.5, 0.6) is 0 Å². The Balaban J connectivity index is 2.24. The molecule has 1 atom stereocenters. The lowest BCUT2D eigenvalue weighted by molar-refractivity contribution is 0.419. The number of benzene rings is 1. The molecule has 2 N–H and O–H groups in total. The van der Waals surface area contributed by atoms with Crippen molar-refractivity contribution in [1.82, 2.24) is 10.1 Å². The van der Waals surface area contributed by atoms with Crippen LogP contribution in [-0.2, 0) is 12.8 Å². The Labute approximate surface area is 107 Å². The highest BCUT2D eigenvalue weighted by molar-refractivity contribution is 5.58. The summed E-state index contributed by atoms with van der Waals surface area (Å²) in [6.45, 7) is 4.17. The quantitative estimate of drug-likeness (QED) is 0.879. The first kappa shape index (κ1) is 12.8. The van der Waals surface area contributed by atoms with Gasteiger partial charge in [-0.2, -0.15) is 4.98 Å². The Kier molecular flexibility index (Phi) is 4.10. The van der Waals surface area contributed by atoms with Crippen molar-refractivity contribution >= 4 is 0 Å². The molecule has 96 valence electrons. The average molecular weight is 245 g/mol. The molecule has 2 rings (SSSR count). The molecule has 1 heterocycles. The molecule has 0 aliphatic heterocycles. The van der Waals surface area contributed by atoms with Crippen LogP contribution in [0.1, 0.15) is 31.7 Å². The van der Waals surface area contributed by atoms with E-state index in [1.165, 1.54) is 5.56 Å². The zero-order chi connectivity index (χ0) is 13.0. The highest BCUT2D eigenvalue weighted by atomic mass is 16.5. The van der Waals surface area contributed by atoms with E-state index in [0.717, 1.165) is 18.4 Å². The van der Waals surface area contributed by atoms with Gasteiger partial charge >= 0.3 is 0 Å². The van der Waals surface area contributed by atoms with Crippen LogP contribution in [0.2, 0.25) is 0 Å².